The summed E-state index contributed by atoms with van der Waals surface area (Å²) in [7, 11) is -4.48. The van der Waals surface area contributed by atoms with E-state index in [0.29, 0.717) is 17.7 Å². The minimum absolute atomic E-state index is 0.0322. The van der Waals surface area contributed by atoms with Gasteiger partial charge in [-0.1, -0.05) is 6.92 Å². The molecule has 0 aromatic heterocycles. The smallest absolute Gasteiger partial charge is 0.240 e. The fourth-order valence-electron chi connectivity index (χ4n) is 1.61. The van der Waals surface area contributed by atoms with Crippen LogP contribution < -0.4 is 10.5 Å². The highest BCUT2D eigenvalue weighted by atomic mass is 32.2. The van der Waals surface area contributed by atoms with Gasteiger partial charge in [0.05, 0.1) is 4.90 Å². The average molecular weight is 304 g/mol. The van der Waals surface area contributed by atoms with Crippen LogP contribution in [0.3, 0.4) is 0 Å². The highest BCUT2D eigenvalue weighted by Crippen LogP contribution is 2.17. The first kappa shape index (κ1) is 16.1. The molecule has 1 aromatic carbocycles. The summed E-state index contributed by atoms with van der Waals surface area (Å²) < 4.78 is 37.9. The van der Waals surface area contributed by atoms with Gasteiger partial charge < -0.3 is 5.73 Å². The molecule has 1 aromatic rings. The Hall–Kier alpha value is -0.920. The van der Waals surface area contributed by atoms with Gasteiger partial charge in [-0.2, -0.15) is 0 Å². The van der Waals surface area contributed by atoms with E-state index in [2.05, 4.69) is 4.72 Å². The number of sulfonamides is 1. The summed E-state index contributed by atoms with van der Waals surface area (Å²) in [6.45, 7) is 3.81. The van der Waals surface area contributed by atoms with Crippen LogP contribution in [0, 0.1) is 6.92 Å². The number of nitrogens with two attached hydrogens (primary N) is 1. The van der Waals surface area contributed by atoms with Crippen LogP contribution in [-0.2, 0) is 20.8 Å². The zero-order valence-electron chi connectivity index (χ0n) is 11.3. The Morgan fingerprint density at radius 2 is 2.05 bits per heavy atom. The molecule has 108 valence electrons. The molecule has 1 rings (SSSR count). The van der Waals surface area contributed by atoms with Gasteiger partial charge in [0.2, 0.25) is 10.0 Å². The van der Waals surface area contributed by atoms with Crippen molar-refractivity contribution in [3.63, 3.8) is 0 Å². The molecular formula is C12H20N2O3S2. The summed E-state index contributed by atoms with van der Waals surface area (Å²) in [4.78, 5) is 0.229. The summed E-state index contributed by atoms with van der Waals surface area (Å²) in [6.07, 6.45) is 2.15. The molecule has 7 heteroatoms. The van der Waals surface area contributed by atoms with E-state index in [1.807, 2.05) is 6.92 Å². The molecule has 0 radical (unpaired) electrons. The van der Waals surface area contributed by atoms with Crippen molar-refractivity contribution < 1.29 is 12.6 Å². The second kappa shape index (κ2) is 6.49. The number of aryl methyl sites for hydroxylation is 1. The van der Waals surface area contributed by atoms with Gasteiger partial charge in [0.15, 0.2) is 0 Å². The van der Waals surface area contributed by atoms with Crippen molar-refractivity contribution >= 4 is 26.5 Å². The average Bonchev–Trinajstić information content (AvgIpc) is 2.27. The summed E-state index contributed by atoms with van der Waals surface area (Å²) in [6, 6.07) is 4.68. The van der Waals surface area contributed by atoms with Gasteiger partial charge in [0, 0.05) is 34.5 Å². The Bertz CT molecular complexity index is 570. The molecule has 0 aliphatic carbocycles. The van der Waals surface area contributed by atoms with E-state index in [-0.39, 0.29) is 16.7 Å². The Labute approximate surface area is 117 Å². The number of nitrogens with one attached hydrogen (secondary N) is 1. The number of benzene rings is 1. The van der Waals surface area contributed by atoms with E-state index in [4.69, 9.17) is 5.73 Å². The van der Waals surface area contributed by atoms with Crippen LogP contribution in [0.5, 0.6) is 0 Å². The standard InChI is InChI=1S/C12H20N2O3S2/c1-9-8-11(13)4-5-12(9)19(16,17)14-7-6-10(2)18(3)15/h4-5,8,10,14H,6-7,13H2,1-3H3. The molecule has 0 heterocycles. The number of nitrogen functional groups attached to an aromatic ring is 1. The van der Waals surface area contributed by atoms with Crippen molar-refractivity contribution in [1.82, 2.24) is 4.72 Å². The van der Waals surface area contributed by atoms with Gasteiger partial charge in [-0.05, 0) is 37.1 Å². The highest BCUT2D eigenvalue weighted by Gasteiger charge is 2.17. The maximum absolute atomic E-state index is 12.1. The quantitative estimate of drug-likeness (QED) is 0.768. The molecule has 0 spiro atoms. The van der Waals surface area contributed by atoms with E-state index >= 15 is 0 Å². The van der Waals surface area contributed by atoms with E-state index in [9.17, 15) is 12.6 Å². The van der Waals surface area contributed by atoms with Crippen molar-refractivity contribution in [3.8, 4) is 0 Å². The lowest BCUT2D eigenvalue weighted by Gasteiger charge is -2.11. The van der Waals surface area contributed by atoms with E-state index in [1.54, 1.807) is 25.3 Å². The molecular weight excluding hydrogens is 284 g/mol. The zero-order valence-corrected chi connectivity index (χ0v) is 13.0. The third kappa shape index (κ3) is 4.59. The van der Waals surface area contributed by atoms with Gasteiger partial charge in [-0.3, -0.25) is 4.21 Å². The third-order valence-electron chi connectivity index (χ3n) is 2.90. The highest BCUT2D eigenvalue weighted by molar-refractivity contribution is 7.89. The fraction of sp³-hybridized carbons (Fsp3) is 0.500. The minimum Gasteiger partial charge on any atom is -0.399 e. The maximum atomic E-state index is 12.1. The molecule has 0 bridgehead atoms. The molecule has 0 fully saturated rings. The molecule has 3 N–H and O–H groups in total. The van der Waals surface area contributed by atoms with Crippen molar-refractivity contribution in [2.75, 3.05) is 18.5 Å². The lowest BCUT2D eigenvalue weighted by Crippen LogP contribution is -2.28. The van der Waals surface area contributed by atoms with Crippen LogP contribution in [0.25, 0.3) is 0 Å². The Morgan fingerprint density at radius 3 is 2.58 bits per heavy atom. The van der Waals surface area contributed by atoms with Crippen molar-refractivity contribution in [1.29, 1.82) is 0 Å². The minimum atomic E-state index is -3.53. The fourth-order valence-corrected chi connectivity index (χ4v) is 3.34. The summed E-state index contributed by atoms with van der Waals surface area (Å²) in [5.41, 5.74) is 6.74. The molecule has 19 heavy (non-hydrogen) atoms. The molecule has 2 unspecified atom stereocenters. The van der Waals surface area contributed by atoms with Crippen LogP contribution in [-0.4, -0.2) is 30.7 Å². The second-order valence-corrected chi connectivity index (χ2v) is 8.06. The second-order valence-electron chi connectivity index (χ2n) is 4.52. The molecule has 5 nitrogen and oxygen atoms in total. The summed E-state index contributed by atoms with van der Waals surface area (Å²) in [5.74, 6) is 0. The zero-order chi connectivity index (χ0) is 14.6. The van der Waals surface area contributed by atoms with Crippen LogP contribution in [0.1, 0.15) is 18.9 Å². The first-order valence-corrected chi connectivity index (χ1v) is 9.02. The SMILES string of the molecule is Cc1cc(N)ccc1S(=O)(=O)NCCC(C)S(C)=O. The lowest BCUT2D eigenvalue weighted by molar-refractivity contribution is 0.577. The lowest BCUT2D eigenvalue weighted by atomic mass is 10.2. The number of hydrogen-bond donors (Lipinski definition) is 2. The van der Waals surface area contributed by atoms with Crippen molar-refractivity contribution in [2.24, 2.45) is 0 Å². The van der Waals surface area contributed by atoms with Gasteiger partial charge >= 0.3 is 0 Å². The Kier molecular flexibility index (Phi) is 5.51. The normalized spacial score (nSPS) is 15.1. The summed E-state index contributed by atoms with van der Waals surface area (Å²) in [5, 5.41) is -0.0322. The molecule has 0 aliphatic heterocycles. The van der Waals surface area contributed by atoms with Gasteiger partial charge in [0.25, 0.3) is 0 Å². The first-order valence-electron chi connectivity index (χ1n) is 5.92. The Balaban J connectivity index is 2.74. The van der Waals surface area contributed by atoms with Crippen LogP contribution in [0.2, 0.25) is 0 Å². The number of rotatable bonds is 6. The largest absolute Gasteiger partial charge is 0.399 e. The van der Waals surface area contributed by atoms with Gasteiger partial charge in [0.1, 0.15) is 0 Å². The van der Waals surface area contributed by atoms with Crippen molar-refractivity contribution in [2.45, 2.75) is 30.4 Å². The van der Waals surface area contributed by atoms with E-state index in [1.165, 1.54) is 6.07 Å². The molecule has 0 amide bonds. The predicted octanol–water partition coefficient (Wildman–Crippen LogP) is 1.01. The van der Waals surface area contributed by atoms with Gasteiger partial charge in [-0.15, -0.1) is 0 Å². The molecule has 0 saturated heterocycles. The van der Waals surface area contributed by atoms with Crippen LogP contribution in [0.15, 0.2) is 23.1 Å². The maximum Gasteiger partial charge on any atom is 0.240 e. The van der Waals surface area contributed by atoms with Gasteiger partial charge in [-0.25, -0.2) is 13.1 Å². The van der Waals surface area contributed by atoms with E-state index in [0.717, 1.165) is 0 Å². The van der Waals surface area contributed by atoms with E-state index < -0.39 is 20.8 Å². The van der Waals surface area contributed by atoms with Crippen LogP contribution in [0.4, 0.5) is 5.69 Å². The Morgan fingerprint density at radius 1 is 1.42 bits per heavy atom. The number of anilines is 1. The molecule has 2 atom stereocenters. The third-order valence-corrected chi connectivity index (χ3v) is 5.89. The monoisotopic (exact) mass is 304 g/mol. The first-order chi connectivity index (χ1) is 8.74. The predicted molar refractivity (Wildman–Crippen MR) is 78.9 cm³/mol. The molecule has 0 saturated carbocycles. The van der Waals surface area contributed by atoms with Crippen molar-refractivity contribution in [3.05, 3.63) is 23.8 Å². The summed E-state index contributed by atoms with van der Waals surface area (Å²) >= 11 is 0. The topological polar surface area (TPSA) is 89.3 Å². The number of hydrogen-bond acceptors (Lipinski definition) is 4. The van der Waals surface area contributed by atoms with Crippen LogP contribution >= 0.6 is 0 Å². The molecule has 0 aliphatic rings.